The first kappa shape index (κ1) is 15.6. The lowest BCUT2D eigenvalue weighted by Crippen LogP contribution is -2.21. The molecule has 1 aromatic rings. The SMILES string of the molecule is C=CCOc1ccc(CC(N)CC)cc1C(F)(F)F. The summed E-state index contributed by atoms with van der Waals surface area (Å²) < 4.78 is 43.8. The minimum absolute atomic E-state index is 0.0386. The molecule has 0 aliphatic rings. The van der Waals surface area contributed by atoms with Crippen LogP contribution in [0.2, 0.25) is 0 Å². The van der Waals surface area contributed by atoms with Gasteiger partial charge in [-0.2, -0.15) is 13.2 Å². The molecule has 0 spiro atoms. The van der Waals surface area contributed by atoms with E-state index < -0.39 is 11.7 Å². The molecule has 0 radical (unpaired) electrons. The molecule has 0 saturated heterocycles. The Kier molecular flexibility index (Phi) is 5.42. The molecule has 0 aliphatic heterocycles. The van der Waals surface area contributed by atoms with E-state index in [9.17, 15) is 13.2 Å². The van der Waals surface area contributed by atoms with E-state index >= 15 is 0 Å². The fourth-order valence-corrected chi connectivity index (χ4v) is 1.65. The van der Waals surface area contributed by atoms with Crippen LogP contribution >= 0.6 is 0 Å². The number of hydrogen-bond donors (Lipinski definition) is 1. The topological polar surface area (TPSA) is 35.2 Å². The highest BCUT2D eigenvalue weighted by Gasteiger charge is 2.34. The van der Waals surface area contributed by atoms with Crippen LogP contribution < -0.4 is 10.5 Å². The van der Waals surface area contributed by atoms with E-state index in [4.69, 9.17) is 10.5 Å². The fourth-order valence-electron chi connectivity index (χ4n) is 1.65. The van der Waals surface area contributed by atoms with Gasteiger partial charge in [0.15, 0.2) is 0 Å². The Hall–Kier alpha value is -1.49. The van der Waals surface area contributed by atoms with Gasteiger partial charge < -0.3 is 10.5 Å². The summed E-state index contributed by atoms with van der Waals surface area (Å²) >= 11 is 0. The van der Waals surface area contributed by atoms with E-state index in [1.54, 1.807) is 6.07 Å². The number of ether oxygens (including phenoxy) is 1. The van der Waals surface area contributed by atoms with Gasteiger partial charge in [-0.3, -0.25) is 0 Å². The lowest BCUT2D eigenvalue weighted by molar-refractivity contribution is -0.138. The van der Waals surface area contributed by atoms with Gasteiger partial charge in [0.05, 0.1) is 5.56 Å². The molecule has 0 bridgehead atoms. The van der Waals surface area contributed by atoms with Gasteiger partial charge in [-0.1, -0.05) is 25.6 Å². The van der Waals surface area contributed by atoms with Crippen LogP contribution in [0.3, 0.4) is 0 Å². The molecule has 0 amide bonds. The van der Waals surface area contributed by atoms with Gasteiger partial charge in [0.1, 0.15) is 12.4 Å². The molecular weight excluding hydrogens is 255 g/mol. The van der Waals surface area contributed by atoms with Crippen molar-refractivity contribution in [1.29, 1.82) is 0 Å². The highest BCUT2D eigenvalue weighted by atomic mass is 19.4. The van der Waals surface area contributed by atoms with Crippen molar-refractivity contribution in [3.05, 3.63) is 42.0 Å². The van der Waals surface area contributed by atoms with Crippen molar-refractivity contribution in [2.75, 3.05) is 6.61 Å². The van der Waals surface area contributed by atoms with Crippen molar-refractivity contribution >= 4 is 0 Å². The molecule has 1 atom stereocenters. The summed E-state index contributed by atoms with van der Waals surface area (Å²) in [6, 6.07) is 3.92. The maximum Gasteiger partial charge on any atom is 0.419 e. The third-order valence-electron chi connectivity index (χ3n) is 2.73. The molecule has 2 nitrogen and oxygen atoms in total. The van der Waals surface area contributed by atoms with E-state index in [0.717, 1.165) is 12.5 Å². The lowest BCUT2D eigenvalue weighted by Gasteiger charge is -2.16. The zero-order valence-corrected chi connectivity index (χ0v) is 10.8. The van der Waals surface area contributed by atoms with Crippen LogP contribution in [0.5, 0.6) is 5.75 Å². The Morgan fingerprint density at radius 2 is 2.11 bits per heavy atom. The van der Waals surface area contributed by atoms with Crippen LogP contribution in [0.4, 0.5) is 13.2 Å². The zero-order valence-electron chi connectivity index (χ0n) is 10.8. The smallest absolute Gasteiger partial charge is 0.419 e. The Balaban J connectivity index is 3.04. The molecule has 1 aromatic carbocycles. The van der Waals surface area contributed by atoms with Gasteiger partial charge >= 0.3 is 6.18 Å². The number of hydrogen-bond acceptors (Lipinski definition) is 2. The Labute approximate surface area is 111 Å². The zero-order chi connectivity index (χ0) is 14.5. The van der Waals surface area contributed by atoms with Gasteiger partial charge in [0.25, 0.3) is 0 Å². The summed E-state index contributed by atoms with van der Waals surface area (Å²) in [5.41, 5.74) is 5.55. The van der Waals surface area contributed by atoms with Gasteiger partial charge in [0.2, 0.25) is 0 Å². The normalized spacial score (nSPS) is 13.1. The molecule has 0 aliphatic carbocycles. The summed E-state index contributed by atoms with van der Waals surface area (Å²) in [6.07, 6.45) is -1.90. The van der Waals surface area contributed by atoms with Crippen molar-refractivity contribution < 1.29 is 17.9 Å². The standard InChI is InChI=1S/C14H18F3NO/c1-3-7-19-13-6-5-10(8-11(18)4-2)9-12(13)14(15,16)17/h3,5-6,9,11H,1,4,7-8,18H2,2H3. The van der Waals surface area contributed by atoms with Crippen LogP contribution in [-0.4, -0.2) is 12.6 Å². The monoisotopic (exact) mass is 273 g/mol. The molecule has 5 heteroatoms. The van der Waals surface area contributed by atoms with Gasteiger partial charge in [-0.05, 0) is 30.5 Å². The number of halogens is 3. The average molecular weight is 273 g/mol. The first-order chi connectivity index (χ1) is 8.88. The Bertz CT molecular complexity index is 429. The third-order valence-corrected chi connectivity index (χ3v) is 2.73. The molecule has 1 unspecified atom stereocenters. The molecular formula is C14H18F3NO. The summed E-state index contributed by atoms with van der Waals surface area (Å²) in [5.74, 6) is -0.179. The largest absolute Gasteiger partial charge is 0.489 e. The minimum atomic E-state index is -4.44. The minimum Gasteiger partial charge on any atom is -0.489 e. The number of benzene rings is 1. The van der Waals surface area contributed by atoms with Gasteiger partial charge in [-0.15, -0.1) is 0 Å². The maximum atomic E-state index is 12.9. The molecule has 0 heterocycles. The van der Waals surface area contributed by atoms with Crippen molar-refractivity contribution in [3.8, 4) is 5.75 Å². The fraction of sp³-hybridized carbons (Fsp3) is 0.429. The first-order valence-electron chi connectivity index (χ1n) is 6.07. The van der Waals surface area contributed by atoms with Crippen molar-refractivity contribution in [1.82, 2.24) is 0 Å². The van der Waals surface area contributed by atoms with Crippen molar-refractivity contribution in [2.45, 2.75) is 32.0 Å². The van der Waals surface area contributed by atoms with Crippen molar-refractivity contribution in [3.63, 3.8) is 0 Å². The highest BCUT2D eigenvalue weighted by molar-refractivity contribution is 5.39. The molecule has 1 rings (SSSR count). The molecule has 2 N–H and O–H groups in total. The van der Waals surface area contributed by atoms with Crippen molar-refractivity contribution in [2.24, 2.45) is 5.73 Å². The first-order valence-corrected chi connectivity index (χ1v) is 6.07. The predicted octanol–water partition coefficient (Wildman–Crippen LogP) is 3.55. The molecule has 0 fully saturated rings. The predicted molar refractivity (Wildman–Crippen MR) is 69.1 cm³/mol. The Morgan fingerprint density at radius 3 is 2.63 bits per heavy atom. The van der Waals surface area contributed by atoms with Crippen LogP contribution in [0.25, 0.3) is 0 Å². The van der Waals surface area contributed by atoms with Crippen LogP contribution in [0, 0.1) is 0 Å². The molecule has 106 valence electrons. The van der Waals surface area contributed by atoms with Gasteiger partial charge in [-0.25, -0.2) is 0 Å². The van der Waals surface area contributed by atoms with Crippen LogP contribution in [0.15, 0.2) is 30.9 Å². The molecule has 0 saturated carbocycles. The second-order valence-corrected chi connectivity index (χ2v) is 4.30. The second kappa shape index (κ2) is 6.61. The van der Waals surface area contributed by atoms with E-state index in [-0.39, 0.29) is 18.4 Å². The van der Waals surface area contributed by atoms with Crippen LogP contribution in [-0.2, 0) is 12.6 Å². The maximum absolute atomic E-state index is 12.9. The second-order valence-electron chi connectivity index (χ2n) is 4.30. The summed E-state index contributed by atoms with van der Waals surface area (Å²) in [4.78, 5) is 0. The van der Waals surface area contributed by atoms with E-state index in [1.807, 2.05) is 6.92 Å². The summed E-state index contributed by atoms with van der Waals surface area (Å²) in [5, 5.41) is 0. The van der Waals surface area contributed by atoms with E-state index in [1.165, 1.54) is 12.1 Å². The molecule has 19 heavy (non-hydrogen) atoms. The summed E-state index contributed by atoms with van der Waals surface area (Å²) in [7, 11) is 0. The Morgan fingerprint density at radius 1 is 1.42 bits per heavy atom. The quantitative estimate of drug-likeness (QED) is 0.804. The average Bonchev–Trinajstić information content (AvgIpc) is 2.35. The number of nitrogens with two attached hydrogens (primary N) is 1. The molecule has 0 aromatic heterocycles. The van der Waals surface area contributed by atoms with Crippen LogP contribution in [0.1, 0.15) is 24.5 Å². The van der Waals surface area contributed by atoms with Gasteiger partial charge in [0, 0.05) is 6.04 Å². The third kappa shape index (κ3) is 4.59. The van der Waals surface area contributed by atoms with E-state index in [2.05, 4.69) is 6.58 Å². The highest BCUT2D eigenvalue weighted by Crippen LogP contribution is 2.37. The number of rotatable bonds is 6. The van der Waals surface area contributed by atoms with E-state index in [0.29, 0.717) is 12.0 Å². The number of alkyl halides is 3. The summed E-state index contributed by atoms with van der Waals surface area (Å²) in [6.45, 7) is 5.35. The lowest BCUT2D eigenvalue weighted by atomic mass is 10.0.